The van der Waals surface area contributed by atoms with Crippen molar-refractivity contribution in [2.75, 3.05) is 17.7 Å². The van der Waals surface area contributed by atoms with Gasteiger partial charge in [0.2, 0.25) is 0 Å². The molecule has 1 saturated carbocycles. The lowest BCUT2D eigenvalue weighted by atomic mass is 10.1. The van der Waals surface area contributed by atoms with Crippen molar-refractivity contribution >= 4 is 11.4 Å². The Kier molecular flexibility index (Phi) is 2.74. The van der Waals surface area contributed by atoms with Crippen LogP contribution in [0.5, 0.6) is 0 Å². The third kappa shape index (κ3) is 1.96. The Morgan fingerprint density at radius 2 is 2.19 bits per heavy atom. The summed E-state index contributed by atoms with van der Waals surface area (Å²) in [6, 6.07) is 8.24. The van der Waals surface area contributed by atoms with Gasteiger partial charge in [0.15, 0.2) is 0 Å². The second-order valence-electron chi connectivity index (χ2n) is 4.58. The largest absolute Gasteiger partial charge is 0.399 e. The van der Waals surface area contributed by atoms with Gasteiger partial charge in [0.05, 0.1) is 11.3 Å². The minimum Gasteiger partial charge on any atom is -0.399 e. The predicted octanol–water partition coefficient (Wildman–Crippen LogP) is 2.38. The molecule has 1 atom stereocenters. The summed E-state index contributed by atoms with van der Waals surface area (Å²) in [4.78, 5) is 2.19. The SMILES string of the molecule is CC(C1CC1)N(C)c1ccc(N)cc1C#N. The highest BCUT2D eigenvalue weighted by molar-refractivity contribution is 5.64. The highest BCUT2D eigenvalue weighted by Gasteiger charge is 2.31. The third-order valence-corrected chi connectivity index (χ3v) is 3.44. The summed E-state index contributed by atoms with van der Waals surface area (Å²) in [5.41, 5.74) is 7.97. The zero-order valence-electron chi connectivity index (χ0n) is 9.77. The molecule has 2 N–H and O–H groups in total. The fourth-order valence-corrected chi connectivity index (χ4v) is 2.07. The van der Waals surface area contributed by atoms with E-state index in [4.69, 9.17) is 11.0 Å². The Hall–Kier alpha value is -1.69. The Bertz CT molecular complexity index is 429. The Morgan fingerprint density at radius 1 is 1.50 bits per heavy atom. The smallest absolute Gasteiger partial charge is 0.101 e. The van der Waals surface area contributed by atoms with Crippen molar-refractivity contribution in [2.45, 2.75) is 25.8 Å². The molecule has 1 unspecified atom stereocenters. The van der Waals surface area contributed by atoms with E-state index in [1.54, 1.807) is 6.07 Å². The minimum atomic E-state index is 0.496. The van der Waals surface area contributed by atoms with Crippen molar-refractivity contribution in [1.29, 1.82) is 5.26 Å². The van der Waals surface area contributed by atoms with E-state index in [2.05, 4.69) is 24.9 Å². The van der Waals surface area contributed by atoms with Crippen LogP contribution in [0.4, 0.5) is 11.4 Å². The maximum atomic E-state index is 9.10. The first-order valence-corrected chi connectivity index (χ1v) is 5.66. The van der Waals surface area contributed by atoms with Gasteiger partial charge in [-0.15, -0.1) is 0 Å². The Balaban J connectivity index is 2.28. The second kappa shape index (κ2) is 4.05. The van der Waals surface area contributed by atoms with E-state index in [0.29, 0.717) is 17.3 Å². The molecule has 2 rings (SSSR count). The monoisotopic (exact) mass is 215 g/mol. The lowest BCUT2D eigenvalue weighted by Crippen LogP contribution is -2.31. The number of nitrogens with zero attached hydrogens (tertiary/aromatic N) is 2. The van der Waals surface area contributed by atoms with Crippen LogP contribution in [0.25, 0.3) is 0 Å². The van der Waals surface area contributed by atoms with Crippen LogP contribution in [0.3, 0.4) is 0 Å². The van der Waals surface area contributed by atoms with Crippen LogP contribution < -0.4 is 10.6 Å². The Morgan fingerprint density at radius 3 is 2.75 bits per heavy atom. The van der Waals surface area contributed by atoms with Gasteiger partial charge in [-0.2, -0.15) is 5.26 Å². The van der Waals surface area contributed by atoms with Crippen LogP contribution >= 0.6 is 0 Å². The van der Waals surface area contributed by atoms with Gasteiger partial charge in [0, 0.05) is 18.8 Å². The molecular weight excluding hydrogens is 198 g/mol. The summed E-state index contributed by atoms with van der Waals surface area (Å²) in [6.45, 7) is 2.22. The topological polar surface area (TPSA) is 53.0 Å². The molecule has 1 aliphatic rings. The number of nitrogens with two attached hydrogens (primary N) is 1. The van der Waals surface area contributed by atoms with E-state index in [-0.39, 0.29) is 0 Å². The molecule has 0 bridgehead atoms. The molecule has 0 heterocycles. The lowest BCUT2D eigenvalue weighted by Gasteiger charge is -2.28. The van der Waals surface area contributed by atoms with Gasteiger partial charge in [-0.1, -0.05) is 0 Å². The van der Waals surface area contributed by atoms with Gasteiger partial charge in [-0.25, -0.2) is 0 Å². The molecule has 0 saturated heterocycles. The van der Waals surface area contributed by atoms with Gasteiger partial charge >= 0.3 is 0 Å². The van der Waals surface area contributed by atoms with Gasteiger partial charge < -0.3 is 10.6 Å². The third-order valence-electron chi connectivity index (χ3n) is 3.44. The summed E-state index contributed by atoms with van der Waals surface area (Å²) in [7, 11) is 2.05. The standard InChI is InChI=1S/C13H17N3/c1-9(10-3-4-10)16(2)13-6-5-12(15)7-11(13)8-14/h5-7,9-10H,3-4,15H2,1-2H3. The van der Waals surface area contributed by atoms with E-state index in [0.717, 1.165) is 11.6 Å². The van der Waals surface area contributed by atoms with Crippen molar-refractivity contribution in [3.8, 4) is 6.07 Å². The molecule has 16 heavy (non-hydrogen) atoms. The van der Waals surface area contributed by atoms with Crippen LogP contribution in [-0.4, -0.2) is 13.1 Å². The van der Waals surface area contributed by atoms with E-state index >= 15 is 0 Å². The van der Waals surface area contributed by atoms with E-state index in [9.17, 15) is 0 Å². The average molecular weight is 215 g/mol. The minimum absolute atomic E-state index is 0.496. The summed E-state index contributed by atoms with van der Waals surface area (Å²) >= 11 is 0. The molecule has 1 fully saturated rings. The Labute approximate surface area is 96.5 Å². The van der Waals surface area contributed by atoms with Gasteiger partial charge in [0.1, 0.15) is 6.07 Å². The van der Waals surface area contributed by atoms with Crippen LogP contribution in [0.1, 0.15) is 25.3 Å². The predicted molar refractivity (Wildman–Crippen MR) is 66.2 cm³/mol. The first kappa shape index (κ1) is 10.8. The number of nitriles is 1. The second-order valence-corrected chi connectivity index (χ2v) is 4.58. The zero-order valence-corrected chi connectivity index (χ0v) is 9.77. The van der Waals surface area contributed by atoms with Crippen molar-refractivity contribution in [3.63, 3.8) is 0 Å². The van der Waals surface area contributed by atoms with Crippen LogP contribution in [0, 0.1) is 17.2 Å². The molecule has 84 valence electrons. The molecule has 0 spiro atoms. The molecule has 3 heteroatoms. The summed E-state index contributed by atoms with van der Waals surface area (Å²) in [5.74, 6) is 0.786. The lowest BCUT2D eigenvalue weighted by molar-refractivity contribution is 0.609. The van der Waals surface area contributed by atoms with Crippen molar-refractivity contribution in [3.05, 3.63) is 23.8 Å². The van der Waals surface area contributed by atoms with Crippen molar-refractivity contribution in [1.82, 2.24) is 0 Å². The number of rotatable bonds is 3. The normalized spacial score (nSPS) is 16.6. The molecule has 0 amide bonds. The summed E-state index contributed by atoms with van der Waals surface area (Å²) < 4.78 is 0. The number of nitrogen functional groups attached to an aromatic ring is 1. The molecule has 3 nitrogen and oxygen atoms in total. The van der Waals surface area contributed by atoms with Crippen molar-refractivity contribution in [2.24, 2.45) is 5.92 Å². The van der Waals surface area contributed by atoms with E-state index < -0.39 is 0 Å². The maximum absolute atomic E-state index is 9.10. The highest BCUT2D eigenvalue weighted by Crippen LogP contribution is 2.37. The van der Waals surface area contributed by atoms with E-state index in [1.165, 1.54) is 12.8 Å². The van der Waals surface area contributed by atoms with Crippen molar-refractivity contribution < 1.29 is 0 Å². The highest BCUT2D eigenvalue weighted by atomic mass is 15.1. The van der Waals surface area contributed by atoms with E-state index in [1.807, 2.05) is 12.1 Å². The first-order valence-electron chi connectivity index (χ1n) is 5.66. The first-order chi connectivity index (χ1) is 7.63. The quantitative estimate of drug-likeness (QED) is 0.787. The molecule has 1 aliphatic carbocycles. The average Bonchev–Trinajstić information content (AvgIpc) is 3.10. The van der Waals surface area contributed by atoms with Gasteiger partial charge in [0.25, 0.3) is 0 Å². The van der Waals surface area contributed by atoms with Gasteiger partial charge in [-0.05, 0) is 43.9 Å². The van der Waals surface area contributed by atoms with Gasteiger partial charge in [-0.3, -0.25) is 0 Å². The number of hydrogen-bond donors (Lipinski definition) is 1. The van der Waals surface area contributed by atoms with Crippen LogP contribution in [0.15, 0.2) is 18.2 Å². The zero-order chi connectivity index (χ0) is 11.7. The number of benzene rings is 1. The maximum Gasteiger partial charge on any atom is 0.101 e. The molecular formula is C13H17N3. The fourth-order valence-electron chi connectivity index (χ4n) is 2.07. The molecule has 0 radical (unpaired) electrons. The molecule has 1 aromatic rings. The number of hydrogen-bond acceptors (Lipinski definition) is 3. The summed E-state index contributed by atoms with van der Waals surface area (Å²) in [5, 5.41) is 9.10. The molecule has 0 aromatic heterocycles. The van der Waals surface area contributed by atoms with Crippen LogP contribution in [-0.2, 0) is 0 Å². The molecule has 1 aromatic carbocycles. The fraction of sp³-hybridized carbons (Fsp3) is 0.462. The molecule has 0 aliphatic heterocycles. The number of anilines is 2. The van der Waals surface area contributed by atoms with Crippen LogP contribution in [0.2, 0.25) is 0 Å². The summed E-state index contributed by atoms with van der Waals surface area (Å²) in [6.07, 6.45) is 2.62.